The van der Waals surface area contributed by atoms with Crippen molar-refractivity contribution < 1.29 is 19.4 Å². The van der Waals surface area contributed by atoms with Crippen LogP contribution in [0.3, 0.4) is 0 Å². The van der Waals surface area contributed by atoms with E-state index in [0.717, 1.165) is 31.2 Å². The Hall–Kier alpha value is -1.78. The van der Waals surface area contributed by atoms with Gasteiger partial charge in [0.05, 0.1) is 11.3 Å². The van der Waals surface area contributed by atoms with Crippen LogP contribution in [0.4, 0.5) is 0 Å². The van der Waals surface area contributed by atoms with Gasteiger partial charge in [-0.05, 0) is 32.3 Å². The number of carboxylic acid groups (broad SMARTS) is 1. The Kier molecular flexibility index (Phi) is 5.17. The number of ether oxygens (including phenoxy) is 1. The minimum absolute atomic E-state index is 0.393. The lowest BCUT2D eigenvalue weighted by molar-refractivity contribution is -0.149. The van der Waals surface area contributed by atoms with Crippen molar-refractivity contribution in [2.24, 2.45) is 7.05 Å². The van der Waals surface area contributed by atoms with Gasteiger partial charge in [0.15, 0.2) is 0 Å². The second-order valence-corrected chi connectivity index (χ2v) is 6.75. The number of esters is 1. The molecule has 0 bridgehead atoms. The molecule has 0 aromatic carbocycles. The van der Waals surface area contributed by atoms with Crippen LogP contribution in [0, 0.1) is 6.92 Å². The summed E-state index contributed by atoms with van der Waals surface area (Å²) in [5, 5.41) is 9.87. The Morgan fingerprint density at radius 2 is 2.00 bits per heavy atom. The number of carbonyl (C=O) groups excluding carboxylic acids is 1. The van der Waals surface area contributed by atoms with Crippen LogP contribution in [-0.4, -0.2) is 27.7 Å². The Morgan fingerprint density at radius 1 is 1.35 bits per heavy atom. The number of fused-ring (bicyclic) bond motifs is 1. The van der Waals surface area contributed by atoms with E-state index in [1.807, 2.05) is 6.92 Å². The van der Waals surface area contributed by atoms with Crippen LogP contribution in [0.5, 0.6) is 0 Å². The molecule has 1 N–H and O–H groups in total. The third kappa shape index (κ3) is 3.01. The van der Waals surface area contributed by atoms with E-state index in [1.54, 1.807) is 24.7 Å². The molecule has 2 atom stereocenters. The highest BCUT2D eigenvalue weighted by Crippen LogP contribution is 2.41. The maximum Gasteiger partial charge on any atom is 0.340 e. The summed E-state index contributed by atoms with van der Waals surface area (Å²) in [5.74, 6) is -1.33. The average Bonchev–Trinajstić information content (AvgIpc) is 2.79. The second-order valence-electron chi connectivity index (χ2n) is 6.75. The minimum atomic E-state index is -1.20. The van der Waals surface area contributed by atoms with Gasteiger partial charge in [0, 0.05) is 13.2 Å². The van der Waals surface area contributed by atoms with Gasteiger partial charge in [-0.15, -0.1) is 0 Å². The normalized spacial score (nSPS) is 23.5. The van der Waals surface area contributed by atoms with E-state index in [0.29, 0.717) is 17.7 Å². The molecule has 5 heteroatoms. The zero-order valence-corrected chi connectivity index (χ0v) is 14.5. The van der Waals surface area contributed by atoms with Crippen LogP contribution in [0.25, 0.3) is 0 Å². The van der Waals surface area contributed by atoms with Crippen LogP contribution < -0.4 is 0 Å². The lowest BCUT2D eigenvalue weighted by atomic mass is 9.75. The summed E-state index contributed by atoms with van der Waals surface area (Å²) >= 11 is 0. The Morgan fingerprint density at radius 3 is 2.61 bits per heavy atom. The van der Waals surface area contributed by atoms with Gasteiger partial charge in [-0.3, -0.25) is 4.79 Å². The van der Waals surface area contributed by atoms with Gasteiger partial charge in [-0.2, -0.15) is 0 Å². The summed E-state index contributed by atoms with van der Waals surface area (Å²) < 4.78 is 7.32. The lowest BCUT2D eigenvalue weighted by Gasteiger charge is -2.38. The van der Waals surface area contributed by atoms with Gasteiger partial charge in [-0.1, -0.05) is 32.6 Å². The quantitative estimate of drug-likeness (QED) is 0.615. The lowest BCUT2D eigenvalue weighted by Crippen LogP contribution is -2.51. The Balaban J connectivity index is 2.28. The van der Waals surface area contributed by atoms with Crippen LogP contribution in [0.15, 0.2) is 6.20 Å². The first-order chi connectivity index (χ1) is 10.8. The molecule has 2 heterocycles. The number of hydrogen-bond acceptors (Lipinski definition) is 3. The van der Waals surface area contributed by atoms with Crippen molar-refractivity contribution in [1.82, 2.24) is 4.57 Å². The van der Waals surface area contributed by atoms with Crippen molar-refractivity contribution in [3.05, 3.63) is 23.0 Å². The number of aromatic nitrogens is 1. The molecule has 1 aromatic heterocycles. The molecule has 1 aromatic rings. The van der Waals surface area contributed by atoms with Gasteiger partial charge in [0.25, 0.3) is 0 Å². The molecule has 0 fully saturated rings. The van der Waals surface area contributed by atoms with Crippen molar-refractivity contribution in [2.45, 2.75) is 70.8 Å². The minimum Gasteiger partial charge on any atom is -0.480 e. The van der Waals surface area contributed by atoms with Crippen molar-refractivity contribution >= 4 is 11.9 Å². The molecule has 1 aliphatic heterocycles. The molecule has 0 saturated carbocycles. The molecule has 0 radical (unpaired) electrons. The third-order valence-electron chi connectivity index (χ3n) is 4.97. The standard InChI is InChI=1S/C18H27NO4/c1-5-6-7-8-9-10-13-18(3,17(21)22)15-14(16(20)23-13)12(2)11-19(15)4/h11,13H,5-10H2,1-4H3,(H,21,22). The number of aliphatic carboxylic acids is 1. The molecule has 5 nitrogen and oxygen atoms in total. The van der Waals surface area contributed by atoms with Gasteiger partial charge in [-0.25, -0.2) is 4.79 Å². The average molecular weight is 321 g/mol. The van der Waals surface area contributed by atoms with Crippen molar-refractivity contribution in [3.63, 3.8) is 0 Å². The summed E-state index contributed by atoms with van der Waals surface area (Å²) in [6, 6.07) is 0. The van der Waals surface area contributed by atoms with E-state index < -0.39 is 23.5 Å². The predicted octanol–water partition coefficient (Wildman–Crippen LogP) is 3.58. The molecular formula is C18H27NO4. The molecule has 2 unspecified atom stereocenters. The molecule has 0 spiro atoms. The first-order valence-electron chi connectivity index (χ1n) is 8.44. The van der Waals surface area contributed by atoms with Gasteiger partial charge in [0.1, 0.15) is 11.5 Å². The molecule has 23 heavy (non-hydrogen) atoms. The van der Waals surface area contributed by atoms with E-state index in [2.05, 4.69) is 6.92 Å². The van der Waals surface area contributed by atoms with Crippen molar-refractivity contribution in [1.29, 1.82) is 0 Å². The number of cyclic esters (lactones) is 1. The molecule has 0 amide bonds. The van der Waals surface area contributed by atoms with E-state index in [9.17, 15) is 14.7 Å². The molecule has 128 valence electrons. The monoisotopic (exact) mass is 321 g/mol. The Bertz CT molecular complexity index is 604. The van der Waals surface area contributed by atoms with E-state index in [1.165, 1.54) is 6.42 Å². The SMILES string of the molecule is CCCCCCCC1OC(=O)c2c(C)cn(C)c2C1(C)C(=O)O. The topological polar surface area (TPSA) is 68.5 Å². The first kappa shape index (κ1) is 17.6. The second kappa shape index (κ2) is 6.77. The Labute approximate surface area is 137 Å². The maximum absolute atomic E-state index is 12.3. The van der Waals surface area contributed by atoms with E-state index >= 15 is 0 Å². The summed E-state index contributed by atoms with van der Waals surface area (Å²) in [6.45, 7) is 5.65. The zero-order valence-electron chi connectivity index (χ0n) is 14.5. The van der Waals surface area contributed by atoms with Gasteiger partial charge in [0.2, 0.25) is 0 Å². The largest absolute Gasteiger partial charge is 0.480 e. The van der Waals surface area contributed by atoms with Crippen LogP contribution >= 0.6 is 0 Å². The van der Waals surface area contributed by atoms with Crippen molar-refractivity contribution in [3.8, 4) is 0 Å². The number of carboxylic acids is 1. The summed E-state index contributed by atoms with van der Waals surface area (Å²) in [5.41, 5.74) is 0.551. The summed E-state index contributed by atoms with van der Waals surface area (Å²) in [4.78, 5) is 24.4. The molecule has 2 rings (SSSR count). The molecule has 0 aliphatic carbocycles. The van der Waals surface area contributed by atoms with E-state index in [-0.39, 0.29) is 0 Å². The maximum atomic E-state index is 12.3. The third-order valence-corrected chi connectivity index (χ3v) is 4.97. The highest BCUT2D eigenvalue weighted by atomic mass is 16.5. The van der Waals surface area contributed by atoms with Crippen LogP contribution in [-0.2, 0) is 22.0 Å². The number of aryl methyl sites for hydroxylation is 2. The molecular weight excluding hydrogens is 294 g/mol. The number of unbranched alkanes of at least 4 members (excludes halogenated alkanes) is 4. The van der Waals surface area contributed by atoms with Gasteiger partial charge >= 0.3 is 11.9 Å². The van der Waals surface area contributed by atoms with Gasteiger partial charge < -0.3 is 14.4 Å². The van der Waals surface area contributed by atoms with Crippen LogP contribution in [0.1, 0.15) is 74.0 Å². The zero-order chi connectivity index (χ0) is 17.2. The predicted molar refractivity (Wildman–Crippen MR) is 87.7 cm³/mol. The fraction of sp³-hybridized carbons (Fsp3) is 0.667. The molecule has 1 aliphatic rings. The summed E-state index contributed by atoms with van der Waals surface area (Å²) in [7, 11) is 1.80. The first-order valence-corrected chi connectivity index (χ1v) is 8.44. The fourth-order valence-electron chi connectivity index (χ4n) is 3.64. The smallest absolute Gasteiger partial charge is 0.340 e. The highest BCUT2D eigenvalue weighted by Gasteiger charge is 2.53. The fourth-order valence-corrected chi connectivity index (χ4v) is 3.64. The van der Waals surface area contributed by atoms with Crippen molar-refractivity contribution in [2.75, 3.05) is 0 Å². The highest BCUT2D eigenvalue weighted by molar-refractivity contribution is 5.98. The number of carbonyl (C=O) groups is 2. The molecule has 0 saturated heterocycles. The number of hydrogen-bond donors (Lipinski definition) is 1. The summed E-state index contributed by atoms with van der Waals surface area (Å²) in [6.07, 6.45) is 7.17. The van der Waals surface area contributed by atoms with Crippen LogP contribution in [0.2, 0.25) is 0 Å². The van der Waals surface area contributed by atoms with E-state index in [4.69, 9.17) is 4.74 Å². The number of rotatable bonds is 7. The number of nitrogens with zero attached hydrogens (tertiary/aromatic N) is 1.